The number of benzene rings is 2. The van der Waals surface area contributed by atoms with Crippen LogP contribution in [0.4, 0.5) is 5.69 Å². The second-order valence-corrected chi connectivity index (χ2v) is 7.91. The Balaban J connectivity index is 2.15. The number of hydrogen-bond acceptors (Lipinski definition) is 7. The quantitative estimate of drug-likeness (QED) is 0.309. The van der Waals surface area contributed by atoms with Crippen LogP contribution in [0.5, 0.6) is 5.75 Å². The van der Waals surface area contributed by atoms with E-state index in [1.807, 2.05) is 26.0 Å². The van der Waals surface area contributed by atoms with Gasteiger partial charge in [0.05, 0.1) is 17.9 Å². The minimum atomic E-state index is -0.502. The molecule has 9 nitrogen and oxygen atoms in total. The van der Waals surface area contributed by atoms with Gasteiger partial charge in [0.25, 0.3) is 5.56 Å². The normalized spacial score (nSPS) is 11.7. The molecule has 2 aromatic carbocycles. The van der Waals surface area contributed by atoms with Gasteiger partial charge in [-0.1, -0.05) is 31.5 Å². The molecule has 0 bridgehead atoms. The van der Waals surface area contributed by atoms with E-state index in [2.05, 4.69) is 15.3 Å². The number of rotatable bonds is 11. The molecule has 0 saturated heterocycles. The fraction of sp³-hybridized carbons (Fsp3) is 0.308. The molecule has 1 unspecified atom stereocenters. The first-order valence-electron chi connectivity index (χ1n) is 11.4. The molecule has 0 aliphatic carbocycles. The lowest BCUT2D eigenvalue weighted by atomic mass is 9.97. The Morgan fingerprint density at radius 1 is 1.17 bits per heavy atom. The average molecular weight is 478 g/mol. The van der Waals surface area contributed by atoms with Gasteiger partial charge in [-0.15, -0.1) is 0 Å². The number of anilines is 1. The molecule has 1 atom stereocenters. The Labute approximate surface area is 204 Å². The SMILES string of the molecule is CCCC(=N)c1nc(-c2cc(C(OC)c3ccc(C(N)=O)cc3)ccc2OCC)[nH]c(=O)c1NC. The average Bonchev–Trinajstić information content (AvgIpc) is 2.85. The molecule has 5 N–H and O–H groups in total. The zero-order chi connectivity index (χ0) is 25.5. The smallest absolute Gasteiger partial charge is 0.275 e. The van der Waals surface area contributed by atoms with Crippen molar-refractivity contribution in [2.75, 3.05) is 26.1 Å². The number of aromatic amines is 1. The molecule has 3 aromatic rings. The number of carbonyl (C=O) groups is 1. The van der Waals surface area contributed by atoms with E-state index in [0.29, 0.717) is 41.4 Å². The first kappa shape index (κ1) is 25.6. The molecule has 1 heterocycles. The van der Waals surface area contributed by atoms with Gasteiger partial charge in [-0.2, -0.15) is 0 Å². The van der Waals surface area contributed by atoms with Crippen LogP contribution in [0.3, 0.4) is 0 Å². The van der Waals surface area contributed by atoms with E-state index in [1.54, 1.807) is 44.5 Å². The molecular weight excluding hydrogens is 446 g/mol. The molecule has 9 heteroatoms. The summed E-state index contributed by atoms with van der Waals surface area (Å²) >= 11 is 0. The number of carbonyl (C=O) groups excluding carboxylic acids is 1. The number of primary amides is 1. The maximum absolute atomic E-state index is 12.9. The van der Waals surface area contributed by atoms with Crippen molar-refractivity contribution in [1.82, 2.24) is 9.97 Å². The Bertz CT molecular complexity index is 1270. The zero-order valence-corrected chi connectivity index (χ0v) is 20.4. The van der Waals surface area contributed by atoms with Crippen molar-refractivity contribution in [1.29, 1.82) is 5.41 Å². The summed E-state index contributed by atoms with van der Waals surface area (Å²) in [6.45, 7) is 4.27. The predicted octanol–water partition coefficient (Wildman–Crippen LogP) is 3.88. The van der Waals surface area contributed by atoms with Gasteiger partial charge < -0.3 is 30.9 Å². The van der Waals surface area contributed by atoms with E-state index in [-0.39, 0.29) is 17.0 Å². The molecule has 184 valence electrons. The Morgan fingerprint density at radius 2 is 1.86 bits per heavy atom. The lowest BCUT2D eigenvalue weighted by Gasteiger charge is -2.19. The minimum Gasteiger partial charge on any atom is -0.493 e. The summed E-state index contributed by atoms with van der Waals surface area (Å²) in [6, 6.07) is 12.4. The Morgan fingerprint density at radius 3 is 2.43 bits per heavy atom. The molecule has 0 spiro atoms. The van der Waals surface area contributed by atoms with E-state index in [9.17, 15) is 9.59 Å². The van der Waals surface area contributed by atoms with Crippen LogP contribution in [-0.2, 0) is 4.74 Å². The number of aromatic nitrogens is 2. The summed E-state index contributed by atoms with van der Waals surface area (Å²) in [7, 11) is 3.22. The maximum atomic E-state index is 12.9. The van der Waals surface area contributed by atoms with Gasteiger partial charge >= 0.3 is 0 Å². The van der Waals surface area contributed by atoms with Crippen LogP contribution in [-0.4, -0.2) is 42.4 Å². The molecular formula is C26H31N5O4. The van der Waals surface area contributed by atoms with Gasteiger partial charge in [0.1, 0.15) is 29.1 Å². The fourth-order valence-electron chi connectivity index (χ4n) is 3.88. The van der Waals surface area contributed by atoms with E-state index >= 15 is 0 Å². The Kier molecular flexibility index (Phi) is 8.38. The first-order valence-corrected chi connectivity index (χ1v) is 11.4. The van der Waals surface area contributed by atoms with Crippen LogP contribution in [0.25, 0.3) is 11.4 Å². The number of ether oxygens (including phenoxy) is 2. The minimum absolute atomic E-state index is 0.255. The number of nitrogens with two attached hydrogens (primary N) is 1. The van der Waals surface area contributed by atoms with Crippen molar-refractivity contribution in [3.8, 4) is 17.1 Å². The molecule has 1 amide bonds. The van der Waals surface area contributed by atoms with E-state index in [1.165, 1.54) is 0 Å². The molecule has 0 saturated carbocycles. The van der Waals surface area contributed by atoms with Crippen LogP contribution < -0.4 is 21.3 Å². The van der Waals surface area contributed by atoms with Gasteiger partial charge in [-0.05, 0) is 48.7 Å². The molecule has 0 fully saturated rings. The highest BCUT2D eigenvalue weighted by molar-refractivity contribution is 6.01. The zero-order valence-electron chi connectivity index (χ0n) is 20.4. The van der Waals surface area contributed by atoms with Gasteiger partial charge in [-0.25, -0.2) is 4.98 Å². The number of methoxy groups -OCH3 is 1. The second kappa shape index (κ2) is 11.4. The maximum Gasteiger partial charge on any atom is 0.275 e. The fourth-order valence-corrected chi connectivity index (χ4v) is 3.88. The summed E-state index contributed by atoms with van der Waals surface area (Å²) in [6.07, 6.45) is 0.804. The first-order chi connectivity index (χ1) is 16.8. The van der Waals surface area contributed by atoms with E-state index in [4.69, 9.17) is 20.6 Å². The van der Waals surface area contributed by atoms with Crippen LogP contribution in [0.2, 0.25) is 0 Å². The summed E-state index contributed by atoms with van der Waals surface area (Å²) in [5.41, 5.74) is 8.44. The highest BCUT2D eigenvalue weighted by Gasteiger charge is 2.21. The predicted molar refractivity (Wildman–Crippen MR) is 137 cm³/mol. The van der Waals surface area contributed by atoms with Crippen LogP contribution >= 0.6 is 0 Å². The van der Waals surface area contributed by atoms with Crippen molar-refractivity contribution in [2.24, 2.45) is 5.73 Å². The largest absolute Gasteiger partial charge is 0.493 e. The molecule has 0 aliphatic rings. The van der Waals surface area contributed by atoms with Crippen molar-refractivity contribution in [3.05, 3.63) is 75.2 Å². The number of nitrogens with zero attached hydrogens (tertiary/aromatic N) is 1. The molecule has 0 aliphatic heterocycles. The number of H-pyrrole nitrogens is 1. The van der Waals surface area contributed by atoms with Crippen molar-refractivity contribution in [2.45, 2.75) is 32.8 Å². The number of nitrogens with one attached hydrogen (secondary N) is 3. The second-order valence-electron chi connectivity index (χ2n) is 7.91. The van der Waals surface area contributed by atoms with E-state index in [0.717, 1.165) is 17.5 Å². The molecule has 0 radical (unpaired) electrons. The van der Waals surface area contributed by atoms with Gasteiger partial charge in [0.2, 0.25) is 5.91 Å². The molecule has 35 heavy (non-hydrogen) atoms. The summed E-state index contributed by atoms with van der Waals surface area (Å²) < 4.78 is 11.6. The van der Waals surface area contributed by atoms with Gasteiger partial charge in [0.15, 0.2) is 0 Å². The molecule has 3 rings (SSSR count). The monoisotopic (exact) mass is 477 g/mol. The van der Waals surface area contributed by atoms with Crippen molar-refractivity contribution >= 4 is 17.3 Å². The van der Waals surface area contributed by atoms with Gasteiger partial charge in [0, 0.05) is 19.7 Å². The van der Waals surface area contributed by atoms with E-state index < -0.39 is 12.0 Å². The van der Waals surface area contributed by atoms with Crippen LogP contribution in [0.15, 0.2) is 47.3 Å². The summed E-state index contributed by atoms with van der Waals surface area (Å²) in [5.74, 6) is 0.343. The van der Waals surface area contributed by atoms with Gasteiger partial charge in [-0.3, -0.25) is 9.59 Å². The third-order valence-electron chi connectivity index (χ3n) is 5.55. The summed E-state index contributed by atoms with van der Waals surface area (Å²) in [4.78, 5) is 31.8. The van der Waals surface area contributed by atoms with Crippen LogP contribution in [0, 0.1) is 5.41 Å². The highest BCUT2D eigenvalue weighted by atomic mass is 16.5. The van der Waals surface area contributed by atoms with Crippen molar-refractivity contribution < 1.29 is 14.3 Å². The topological polar surface area (TPSA) is 143 Å². The lowest BCUT2D eigenvalue weighted by molar-refractivity contribution is 0.1000. The third kappa shape index (κ3) is 5.58. The number of amides is 1. The molecule has 1 aromatic heterocycles. The van der Waals surface area contributed by atoms with Crippen LogP contribution in [0.1, 0.15) is 60.0 Å². The highest BCUT2D eigenvalue weighted by Crippen LogP contribution is 2.34. The standard InChI is InChI=1S/C26H31N5O4/c1-5-7-19(27)21-22(29-3)26(33)31-25(30-21)18-14-17(12-13-20(18)35-6-2)23(34-4)15-8-10-16(11-9-15)24(28)32/h8-14,23,27,29H,5-7H2,1-4H3,(H2,28,32)(H,30,31,33). The van der Waals surface area contributed by atoms with Crippen molar-refractivity contribution in [3.63, 3.8) is 0 Å². The lowest BCUT2D eigenvalue weighted by Crippen LogP contribution is -2.20. The third-order valence-corrected chi connectivity index (χ3v) is 5.55. The summed E-state index contributed by atoms with van der Waals surface area (Å²) in [5, 5.41) is 11.3. The Hall–Kier alpha value is -3.98. The number of hydrogen-bond donors (Lipinski definition) is 4.